The summed E-state index contributed by atoms with van der Waals surface area (Å²) in [6, 6.07) is 4.72. The lowest BCUT2D eigenvalue weighted by molar-refractivity contribution is 0.286. The summed E-state index contributed by atoms with van der Waals surface area (Å²) in [5.74, 6) is 1.54. The summed E-state index contributed by atoms with van der Waals surface area (Å²) < 4.78 is 10.2. The SMILES string of the molecule is OB(O)Oc1ccc(OCC2CC2)c(Cl)c1. The van der Waals surface area contributed by atoms with Crippen molar-refractivity contribution in [2.24, 2.45) is 5.92 Å². The molecule has 0 spiro atoms. The maximum Gasteiger partial charge on any atom is 0.707 e. The average Bonchev–Trinajstić information content (AvgIpc) is 2.99. The van der Waals surface area contributed by atoms with Gasteiger partial charge in [0, 0.05) is 6.07 Å². The van der Waals surface area contributed by atoms with Crippen molar-refractivity contribution in [3.63, 3.8) is 0 Å². The highest BCUT2D eigenvalue weighted by Gasteiger charge is 2.22. The van der Waals surface area contributed by atoms with Crippen LogP contribution < -0.4 is 9.39 Å². The van der Waals surface area contributed by atoms with Crippen LogP contribution in [-0.2, 0) is 0 Å². The minimum atomic E-state index is -1.84. The quantitative estimate of drug-likeness (QED) is 0.768. The van der Waals surface area contributed by atoms with Crippen LogP contribution in [0.2, 0.25) is 5.02 Å². The van der Waals surface area contributed by atoms with Gasteiger partial charge in [-0.25, -0.2) is 0 Å². The lowest BCUT2D eigenvalue weighted by Gasteiger charge is -2.09. The van der Waals surface area contributed by atoms with Crippen LogP contribution in [0.4, 0.5) is 0 Å². The van der Waals surface area contributed by atoms with Gasteiger partial charge in [-0.1, -0.05) is 11.6 Å². The lowest BCUT2D eigenvalue weighted by Crippen LogP contribution is -2.20. The first-order valence-corrected chi connectivity index (χ1v) is 5.48. The van der Waals surface area contributed by atoms with Crippen molar-refractivity contribution >= 4 is 18.9 Å². The van der Waals surface area contributed by atoms with E-state index in [1.54, 1.807) is 12.1 Å². The number of rotatable bonds is 5. The highest BCUT2D eigenvalue weighted by atomic mass is 35.5. The van der Waals surface area contributed by atoms with Gasteiger partial charge in [-0.2, -0.15) is 0 Å². The fourth-order valence-corrected chi connectivity index (χ4v) is 1.51. The summed E-state index contributed by atoms with van der Waals surface area (Å²) in [7, 11) is -1.84. The molecule has 6 heteroatoms. The molecule has 0 atom stereocenters. The third kappa shape index (κ3) is 3.30. The molecule has 4 nitrogen and oxygen atoms in total. The molecule has 0 aromatic heterocycles. The molecule has 1 aromatic carbocycles. The Morgan fingerprint density at radius 2 is 2.12 bits per heavy atom. The smallest absolute Gasteiger partial charge is 0.512 e. The molecule has 86 valence electrons. The van der Waals surface area contributed by atoms with E-state index >= 15 is 0 Å². The highest BCUT2D eigenvalue weighted by Crippen LogP contribution is 2.33. The second kappa shape index (κ2) is 4.95. The number of ether oxygens (including phenoxy) is 1. The van der Waals surface area contributed by atoms with Crippen molar-refractivity contribution in [3.05, 3.63) is 23.2 Å². The number of benzene rings is 1. The van der Waals surface area contributed by atoms with Crippen molar-refractivity contribution in [3.8, 4) is 11.5 Å². The molecule has 0 saturated heterocycles. The fraction of sp³-hybridized carbons (Fsp3) is 0.400. The molecule has 0 unspecified atom stereocenters. The van der Waals surface area contributed by atoms with Gasteiger partial charge < -0.3 is 19.4 Å². The topological polar surface area (TPSA) is 58.9 Å². The minimum Gasteiger partial charge on any atom is -0.512 e. The molecule has 1 saturated carbocycles. The summed E-state index contributed by atoms with van der Waals surface area (Å²) in [6.45, 7) is 0.683. The van der Waals surface area contributed by atoms with Gasteiger partial charge in [0.25, 0.3) is 0 Å². The van der Waals surface area contributed by atoms with Crippen LogP contribution in [0.5, 0.6) is 11.5 Å². The first-order chi connectivity index (χ1) is 7.65. The molecule has 0 amide bonds. The standard InChI is InChI=1S/C10H12BClO4/c12-9-5-8(16-11(13)14)3-4-10(9)15-6-7-1-2-7/h3-5,7,13-14H,1-2,6H2. The summed E-state index contributed by atoms with van der Waals surface area (Å²) in [5.41, 5.74) is 0. The Hall–Kier alpha value is -0.905. The minimum absolute atomic E-state index is 0.291. The predicted octanol–water partition coefficient (Wildman–Crippen LogP) is 1.48. The Bertz CT molecular complexity index is 368. The predicted molar refractivity (Wildman–Crippen MR) is 60.5 cm³/mol. The first-order valence-electron chi connectivity index (χ1n) is 5.10. The van der Waals surface area contributed by atoms with Gasteiger partial charge in [0.1, 0.15) is 11.5 Å². The number of hydrogen-bond acceptors (Lipinski definition) is 4. The molecule has 1 fully saturated rings. The van der Waals surface area contributed by atoms with Gasteiger partial charge in [0.05, 0.1) is 11.6 Å². The van der Waals surface area contributed by atoms with E-state index in [-0.39, 0.29) is 0 Å². The zero-order valence-corrected chi connectivity index (χ0v) is 9.35. The molecular weight excluding hydrogens is 230 g/mol. The van der Waals surface area contributed by atoms with E-state index in [9.17, 15) is 0 Å². The van der Waals surface area contributed by atoms with E-state index in [0.29, 0.717) is 29.0 Å². The lowest BCUT2D eigenvalue weighted by atomic mass is 10.2. The second-order valence-electron chi connectivity index (χ2n) is 3.79. The van der Waals surface area contributed by atoms with Crippen molar-refractivity contribution in [1.82, 2.24) is 0 Å². The van der Waals surface area contributed by atoms with E-state index < -0.39 is 7.32 Å². The Kier molecular flexibility index (Phi) is 3.58. The van der Waals surface area contributed by atoms with Gasteiger partial charge in [0.15, 0.2) is 0 Å². The van der Waals surface area contributed by atoms with Crippen LogP contribution in [0.25, 0.3) is 0 Å². The van der Waals surface area contributed by atoms with Gasteiger partial charge in [-0.15, -0.1) is 0 Å². The molecule has 0 heterocycles. The largest absolute Gasteiger partial charge is 0.707 e. The second-order valence-corrected chi connectivity index (χ2v) is 4.20. The maximum atomic E-state index is 8.61. The molecule has 1 aliphatic carbocycles. The Morgan fingerprint density at radius 3 is 2.69 bits per heavy atom. The highest BCUT2D eigenvalue weighted by molar-refractivity contribution is 6.34. The van der Waals surface area contributed by atoms with E-state index in [4.69, 9.17) is 26.4 Å². The third-order valence-corrected chi connectivity index (χ3v) is 2.61. The van der Waals surface area contributed by atoms with Gasteiger partial charge in [-0.05, 0) is 30.9 Å². The molecule has 0 bridgehead atoms. The van der Waals surface area contributed by atoms with Crippen LogP contribution in [0.15, 0.2) is 18.2 Å². The van der Waals surface area contributed by atoms with E-state index in [1.807, 2.05) is 0 Å². The van der Waals surface area contributed by atoms with Crippen LogP contribution in [-0.4, -0.2) is 24.0 Å². The normalized spacial score (nSPS) is 14.7. The van der Waals surface area contributed by atoms with Crippen LogP contribution >= 0.6 is 11.6 Å². The molecule has 1 aromatic rings. The molecule has 0 aliphatic heterocycles. The monoisotopic (exact) mass is 242 g/mol. The van der Waals surface area contributed by atoms with Crippen molar-refractivity contribution in [1.29, 1.82) is 0 Å². The van der Waals surface area contributed by atoms with Gasteiger partial charge in [0.2, 0.25) is 0 Å². The van der Waals surface area contributed by atoms with Gasteiger partial charge in [-0.3, -0.25) is 0 Å². The van der Waals surface area contributed by atoms with Gasteiger partial charge >= 0.3 is 7.32 Å². The maximum absolute atomic E-state index is 8.61. The summed E-state index contributed by atoms with van der Waals surface area (Å²) in [5, 5.41) is 17.6. The molecular formula is C10H12BClO4. The Labute approximate surface area is 98.9 Å². The fourth-order valence-electron chi connectivity index (χ4n) is 1.29. The van der Waals surface area contributed by atoms with Crippen LogP contribution in [0, 0.1) is 5.92 Å². The molecule has 1 aliphatic rings. The van der Waals surface area contributed by atoms with E-state index in [0.717, 1.165) is 0 Å². The van der Waals surface area contributed by atoms with E-state index in [2.05, 4.69) is 4.65 Å². The van der Waals surface area contributed by atoms with Crippen molar-refractivity contribution < 1.29 is 19.4 Å². The summed E-state index contributed by atoms with van der Waals surface area (Å²) in [6.07, 6.45) is 2.44. The average molecular weight is 242 g/mol. The summed E-state index contributed by atoms with van der Waals surface area (Å²) >= 11 is 5.95. The molecule has 2 N–H and O–H groups in total. The zero-order valence-electron chi connectivity index (χ0n) is 8.60. The Balaban J connectivity index is 1.97. The molecule has 16 heavy (non-hydrogen) atoms. The number of halogens is 1. The summed E-state index contributed by atoms with van der Waals surface area (Å²) in [4.78, 5) is 0. The van der Waals surface area contributed by atoms with Crippen molar-refractivity contribution in [2.45, 2.75) is 12.8 Å². The van der Waals surface area contributed by atoms with Crippen molar-refractivity contribution in [2.75, 3.05) is 6.61 Å². The molecule has 0 radical (unpaired) electrons. The molecule has 2 rings (SSSR count). The van der Waals surface area contributed by atoms with Crippen LogP contribution in [0.1, 0.15) is 12.8 Å². The Morgan fingerprint density at radius 1 is 1.38 bits per heavy atom. The zero-order chi connectivity index (χ0) is 11.5. The van der Waals surface area contributed by atoms with Crippen LogP contribution in [0.3, 0.4) is 0 Å². The number of hydrogen-bond donors (Lipinski definition) is 2. The third-order valence-electron chi connectivity index (χ3n) is 2.32. The van der Waals surface area contributed by atoms with E-state index in [1.165, 1.54) is 18.9 Å². The first kappa shape index (κ1) is 11.6.